The first-order valence-electron chi connectivity index (χ1n) is 8.38. The third-order valence-corrected chi connectivity index (χ3v) is 5.10. The minimum atomic E-state index is 0.279. The van der Waals surface area contributed by atoms with Gasteiger partial charge in [0.15, 0.2) is 0 Å². The van der Waals surface area contributed by atoms with Crippen LogP contribution in [0, 0.1) is 19.8 Å². The molecule has 22 heavy (non-hydrogen) atoms. The molecular formula is C17H26N4O. The lowest BCUT2D eigenvalue weighted by molar-refractivity contribution is -0.139. The third-order valence-electron chi connectivity index (χ3n) is 5.10. The van der Waals surface area contributed by atoms with Gasteiger partial charge in [-0.05, 0) is 39.5 Å². The lowest BCUT2D eigenvalue weighted by atomic mass is 9.84. The smallest absolute Gasteiger partial charge is 0.225 e. The van der Waals surface area contributed by atoms with Crippen LogP contribution in [0.5, 0.6) is 0 Å². The molecule has 2 heterocycles. The summed E-state index contributed by atoms with van der Waals surface area (Å²) in [5.74, 6) is 1.60. The maximum Gasteiger partial charge on any atom is 0.225 e. The molecule has 1 aromatic heterocycles. The average molecular weight is 302 g/mol. The van der Waals surface area contributed by atoms with Crippen molar-refractivity contribution in [2.24, 2.45) is 5.92 Å². The van der Waals surface area contributed by atoms with Gasteiger partial charge in [-0.15, -0.1) is 0 Å². The third kappa shape index (κ3) is 2.94. The van der Waals surface area contributed by atoms with Gasteiger partial charge in [0.25, 0.3) is 0 Å². The number of aromatic nitrogens is 2. The van der Waals surface area contributed by atoms with Crippen molar-refractivity contribution < 1.29 is 4.79 Å². The topological polar surface area (TPSA) is 49.3 Å². The summed E-state index contributed by atoms with van der Waals surface area (Å²) in [6.07, 6.45) is 7.35. The van der Waals surface area contributed by atoms with Crippen molar-refractivity contribution in [3.8, 4) is 0 Å². The van der Waals surface area contributed by atoms with Gasteiger partial charge in [0.05, 0.1) is 11.4 Å². The Morgan fingerprint density at radius 1 is 1.27 bits per heavy atom. The van der Waals surface area contributed by atoms with Crippen LogP contribution in [0.1, 0.15) is 43.5 Å². The minimum absolute atomic E-state index is 0.279. The van der Waals surface area contributed by atoms with Crippen LogP contribution in [-0.2, 0) is 4.79 Å². The highest BCUT2D eigenvalue weighted by atomic mass is 16.2. The molecule has 0 bridgehead atoms. The Bertz CT molecular complexity index is 556. The summed E-state index contributed by atoms with van der Waals surface area (Å²) in [6.45, 7) is 5.85. The fraction of sp³-hybridized carbons (Fsp3) is 0.706. The van der Waals surface area contributed by atoms with Gasteiger partial charge in [-0.1, -0.05) is 6.42 Å². The second-order valence-corrected chi connectivity index (χ2v) is 6.74. The molecule has 1 aliphatic heterocycles. The van der Waals surface area contributed by atoms with Crippen molar-refractivity contribution in [2.75, 3.05) is 25.0 Å². The molecule has 5 heteroatoms. The van der Waals surface area contributed by atoms with Gasteiger partial charge in [-0.25, -0.2) is 4.98 Å². The lowest BCUT2D eigenvalue weighted by Gasteiger charge is -2.40. The molecule has 0 aromatic carbocycles. The van der Waals surface area contributed by atoms with Crippen LogP contribution in [0.4, 0.5) is 5.82 Å². The molecule has 1 unspecified atom stereocenters. The first-order valence-corrected chi connectivity index (χ1v) is 8.38. The van der Waals surface area contributed by atoms with Crippen LogP contribution in [0.25, 0.3) is 0 Å². The molecule has 1 aromatic rings. The fourth-order valence-corrected chi connectivity index (χ4v) is 3.41. The standard InChI is InChI=1S/C17H26N4O/c1-12-10-18-13(2)16(19-12)21-9-5-8-15(11-21)20(3)17(22)14-6-4-7-14/h10,14-15H,4-9,11H2,1-3H3. The first-order chi connectivity index (χ1) is 10.6. The van der Waals surface area contributed by atoms with E-state index in [0.29, 0.717) is 11.9 Å². The summed E-state index contributed by atoms with van der Waals surface area (Å²) < 4.78 is 0. The van der Waals surface area contributed by atoms with E-state index in [1.807, 2.05) is 32.0 Å². The number of hydrogen-bond donors (Lipinski definition) is 0. The Kier molecular flexibility index (Phi) is 4.32. The fourth-order valence-electron chi connectivity index (χ4n) is 3.41. The molecule has 1 saturated heterocycles. The minimum Gasteiger partial charge on any atom is -0.353 e. The zero-order valence-corrected chi connectivity index (χ0v) is 13.9. The number of piperidine rings is 1. The Hall–Kier alpha value is -1.65. The second-order valence-electron chi connectivity index (χ2n) is 6.74. The van der Waals surface area contributed by atoms with E-state index in [0.717, 1.165) is 56.0 Å². The van der Waals surface area contributed by atoms with Crippen LogP contribution < -0.4 is 4.90 Å². The summed E-state index contributed by atoms with van der Waals surface area (Å²) in [5.41, 5.74) is 1.92. The van der Waals surface area contributed by atoms with E-state index >= 15 is 0 Å². The molecule has 0 N–H and O–H groups in total. The van der Waals surface area contributed by atoms with E-state index in [-0.39, 0.29) is 5.92 Å². The van der Waals surface area contributed by atoms with Crippen molar-refractivity contribution in [3.05, 3.63) is 17.6 Å². The normalized spacial score (nSPS) is 22.3. The van der Waals surface area contributed by atoms with Gasteiger partial charge in [-0.3, -0.25) is 9.78 Å². The highest BCUT2D eigenvalue weighted by molar-refractivity contribution is 5.79. The summed E-state index contributed by atoms with van der Waals surface area (Å²) in [6, 6.07) is 0.295. The summed E-state index contributed by atoms with van der Waals surface area (Å²) in [7, 11) is 1.98. The van der Waals surface area contributed by atoms with E-state index in [1.165, 1.54) is 6.42 Å². The quantitative estimate of drug-likeness (QED) is 0.860. The highest BCUT2D eigenvalue weighted by Crippen LogP contribution is 2.30. The van der Waals surface area contributed by atoms with Crippen LogP contribution in [0.2, 0.25) is 0 Å². The Labute approximate surface area is 132 Å². The van der Waals surface area contributed by atoms with Crippen LogP contribution in [-0.4, -0.2) is 47.0 Å². The first kappa shape index (κ1) is 15.3. The summed E-state index contributed by atoms with van der Waals surface area (Å²) in [5, 5.41) is 0. The molecule has 1 atom stereocenters. The molecule has 2 fully saturated rings. The molecule has 5 nitrogen and oxygen atoms in total. The van der Waals surface area contributed by atoms with Crippen molar-refractivity contribution >= 4 is 11.7 Å². The predicted molar refractivity (Wildman–Crippen MR) is 86.9 cm³/mol. The summed E-state index contributed by atoms with van der Waals surface area (Å²) >= 11 is 0. The molecule has 0 spiro atoms. The highest BCUT2D eigenvalue weighted by Gasteiger charge is 2.33. The van der Waals surface area contributed by atoms with E-state index in [2.05, 4.69) is 14.9 Å². The number of nitrogens with zero attached hydrogens (tertiary/aromatic N) is 4. The molecule has 1 amide bonds. The van der Waals surface area contributed by atoms with Crippen LogP contribution >= 0.6 is 0 Å². The van der Waals surface area contributed by atoms with Crippen LogP contribution in [0.3, 0.4) is 0 Å². The number of rotatable bonds is 3. The van der Waals surface area contributed by atoms with Gasteiger partial charge in [0.2, 0.25) is 5.91 Å². The predicted octanol–water partition coefficient (Wildman–Crippen LogP) is 2.32. The average Bonchev–Trinajstić information content (AvgIpc) is 2.47. The molecule has 2 aliphatic rings. The number of carbonyl (C=O) groups excluding carboxylic acids is 1. The lowest BCUT2D eigenvalue weighted by Crippen LogP contribution is -2.51. The SMILES string of the molecule is Cc1cnc(C)c(N2CCCC(N(C)C(=O)C3CCC3)C2)n1. The number of carbonyl (C=O) groups is 1. The van der Waals surface area contributed by atoms with Crippen molar-refractivity contribution in [1.82, 2.24) is 14.9 Å². The molecule has 120 valence electrons. The van der Waals surface area contributed by atoms with E-state index in [4.69, 9.17) is 0 Å². The summed E-state index contributed by atoms with van der Waals surface area (Å²) in [4.78, 5) is 25.8. The number of amides is 1. The maximum atomic E-state index is 12.5. The monoisotopic (exact) mass is 302 g/mol. The van der Waals surface area contributed by atoms with Crippen molar-refractivity contribution in [1.29, 1.82) is 0 Å². The van der Waals surface area contributed by atoms with Gasteiger partial charge >= 0.3 is 0 Å². The second kappa shape index (κ2) is 6.23. The van der Waals surface area contributed by atoms with E-state index in [9.17, 15) is 4.79 Å². The molecule has 0 radical (unpaired) electrons. The van der Waals surface area contributed by atoms with E-state index in [1.54, 1.807) is 0 Å². The molecular weight excluding hydrogens is 276 g/mol. The van der Waals surface area contributed by atoms with E-state index < -0.39 is 0 Å². The maximum absolute atomic E-state index is 12.5. The number of aryl methyl sites for hydroxylation is 2. The van der Waals surface area contributed by atoms with Gasteiger partial charge < -0.3 is 9.80 Å². The molecule has 3 rings (SSSR count). The van der Waals surface area contributed by atoms with Crippen LogP contribution in [0.15, 0.2) is 6.20 Å². The molecule has 1 aliphatic carbocycles. The Balaban J connectivity index is 1.70. The van der Waals surface area contributed by atoms with Gasteiger partial charge in [-0.2, -0.15) is 0 Å². The number of hydrogen-bond acceptors (Lipinski definition) is 4. The van der Waals surface area contributed by atoms with Gasteiger partial charge in [0.1, 0.15) is 5.82 Å². The number of anilines is 1. The van der Waals surface area contributed by atoms with Crippen molar-refractivity contribution in [3.63, 3.8) is 0 Å². The molecule has 1 saturated carbocycles. The largest absolute Gasteiger partial charge is 0.353 e. The van der Waals surface area contributed by atoms with Gasteiger partial charge in [0, 0.05) is 38.3 Å². The number of likely N-dealkylation sites (N-methyl/N-ethyl adjacent to an activating group) is 1. The Morgan fingerprint density at radius 3 is 2.73 bits per heavy atom. The Morgan fingerprint density at radius 2 is 2.05 bits per heavy atom. The van der Waals surface area contributed by atoms with Crippen molar-refractivity contribution in [2.45, 2.75) is 52.0 Å². The zero-order chi connectivity index (χ0) is 15.7. The zero-order valence-electron chi connectivity index (χ0n) is 13.9.